The number of aryl methyl sites for hydroxylation is 1. The molecular weight excluding hydrogens is 260 g/mol. The molecule has 3 nitrogen and oxygen atoms in total. The van der Waals surface area contributed by atoms with E-state index in [1.807, 2.05) is 4.68 Å². The van der Waals surface area contributed by atoms with E-state index in [0.29, 0.717) is 10.4 Å². The Morgan fingerprint density at radius 1 is 1.32 bits per heavy atom. The largest absolute Gasteiger partial charge is 0.384 e. The molecule has 1 aliphatic rings. The number of rotatable bonds is 3. The van der Waals surface area contributed by atoms with Crippen molar-refractivity contribution in [1.29, 1.82) is 0 Å². The molecule has 0 aliphatic heterocycles. The van der Waals surface area contributed by atoms with Crippen molar-refractivity contribution in [3.63, 3.8) is 0 Å². The highest BCUT2D eigenvalue weighted by atomic mass is 35.5. The molecule has 2 rings (SSSR count). The standard InChI is InChI=1S/C15H25ClN2O/c1-4-10-18-13(12(16)11-17-18)15(19)7-5-6-14(2,3)8-9-15/h11,19H,4-10H2,1-3H3. The Balaban J connectivity index is 2.31. The Morgan fingerprint density at radius 3 is 2.74 bits per heavy atom. The summed E-state index contributed by atoms with van der Waals surface area (Å²) in [7, 11) is 0. The van der Waals surface area contributed by atoms with Gasteiger partial charge in [-0.05, 0) is 43.9 Å². The van der Waals surface area contributed by atoms with Crippen molar-refractivity contribution >= 4 is 11.6 Å². The summed E-state index contributed by atoms with van der Waals surface area (Å²) in [5.41, 5.74) is 0.331. The molecule has 1 aromatic rings. The Labute approximate surface area is 121 Å². The Morgan fingerprint density at radius 2 is 2.05 bits per heavy atom. The maximum atomic E-state index is 11.1. The summed E-state index contributed by atoms with van der Waals surface area (Å²) in [5, 5.41) is 16.0. The van der Waals surface area contributed by atoms with E-state index < -0.39 is 5.60 Å². The van der Waals surface area contributed by atoms with Gasteiger partial charge in [0.2, 0.25) is 0 Å². The third kappa shape index (κ3) is 3.14. The minimum Gasteiger partial charge on any atom is -0.384 e. The van der Waals surface area contributed by atoms with E-state index >= 15 is 0 Å². The maximum absolute atomic E-state index is 11.1. The first-order valence-electron chi connectivity index (χ1n) is 7.32. The molecule has 1 heterocycles. The van der Waals surface area contributed by atoms with Gasteiger partial charge < -0.3 is 5.11 Å². The van der Waals surface area contributed by atoms with E-state index in [9.17, 15) is 5.11 Å². The quantitative estimate of drug-likeness (QED) is 0.848. The third-order valence-corrected chi connectivity index (χ3v) is 4.61. The summed E-state index contributed by atoms with van der Waals surface area (Å²) in [6, 6.07) is 0. The molecule has 1 saturated carbocycles. The topological polar surface area (TPSA) is 38.0 Å². The van der Waals surface area contributed by atoms with Gasteiger partial charge in [0.25, 0.3) is 0 Å². The lowest BCUT2D eigenvalue weighted by Crippen LogP contribution is -2.29. The first-order chi connectivity index (χ1) is 8.88. The maximum Gasteiger partial charge on any atom is 0.108 e. The number of hydrogen-bond acceptors (Lipinski definition) is 2. The molecule has 1 fully saturated rings. The fourth-order valence-corrected chi connectivity index (χ4v) is 3.41. The van der Waals surface area contributed by atoms with E-state index in [1.54, 1.807) is 6.20 Å². The highest BCUT2D eigenvalue weighted by Gasteiger charge is 2.39. The van der Waals surface area contributed by atoms with E-state index in [-0.39, 0.29) is 0 Å². The lowest BCUT2D eigenvalue weighted by molar-refractivity contribution is 0.00932. The minimum absolute atomic E-state index is 0.312. The molecular formula is C15H25ClN2O. The summed E-state index contributed by atoms with van der Waals surface area (Å²) < 4.78 is 1.89. The molecule has 1 unspecified atom stereocenters. The predicted molar refractivity (Wildman–Crippen MR) is 78.3 cm³/mol. The van der Waals surface area contributed by atoms with E-state index in [0.717, 1.165) is 50.8 Å². The average Bonchev–Trinajstić information content (AvgIpc) is 2.62. The molecule has 0 aromatic carbocycles. The highest BCUT2D eigenvalue weighted by Crippen LogP contribution is 2.44. The van der Waals surface area contributed by atoms with Gasteiger partial charge in [-0.25, -0.2) is 0 Å². The molecule has 108 valence electrons. The van der Waals surface area contributed by atoms with Gasteiger partial charge in [-0.2, -0.15) is 5.10 Å². The normalized spacial score (nSPS) is 27.2. The molecule has 1 atom stereocenters. The number of aromatic nitrogens is 2. The molecule has 1 aliphatic carbocycles. The van der Waals surface area contributed by atoms with Gasteiger partial charge in [0.15, 0.2) is 0 Å². The lowest BCUT2D eigenvalue weighted by atomic mass is 9.83. The van der Waals surface area contributed by atoms with Gasteiger partial charge in [-0.3, -0.25) is 4.68 Å². The zero-order chi connectivity index (χ0) is 14.1. The van der Waals surface area contributed by atoms with Crippen molar-refractivity contribution < 1.29 is 5.11 Å². The van der Waals surface area contributed by atoms with Crippen LogP contribution >= 0.6 is 11.6 Å². The monoisotopic (exact) mass is 284 g/mol. The van der Waals surface area contributed by atoms with Gasteiger partial charge in [0.1, 0.15) is 5.60 Å². The molecule has 0 radical (unpaired) electrons. The van der Waals surface area contributed by atoms with Gasteiger partial charge in [0.05, 0.1) is 16.9 Å². The van der Waals surface area contributed by atoms with E-state index in [2.05, 4.69) is 25.9 Å². The van der Waals surface area contributed by atoms with Crippen LogP contribution in [-0.4, -0.2) is 14.9 Å². The second-order valence-electron chi connectivity index (χ2n) is 6.61. The Bertz CT molecular complexity index is 441. The van der Waals surface area contributed by atoms with Crippen LogP contribution in [0.2, 0.25) is 5.02 Å². The summed E-state index contributed by atoms with van der Waals surface area (Å²) >= 11 is 6.28. The Hall–Kier alpha value is -0.540. The van der Waals surface area contributed by atoms with E-state index in [4.69, 9.17) is 11.6 Å². The molecule has 0 spiro atoms. The fraction of sp³-hybridized carbons (Fsp3) is 0.800. The van der Waals surface area contributed by atoms with Gasteiger partial charge in [-0.1, -0.05) is 32.4 Å². The Kier molecular flexibility index (Phi) is 4.26. The van der Waals surface area contributed by atoms with Crippen LogP contribution in [0.3, 0.4) is 0 Å². The molecule has 1 aromatic heterocycles. The first kappa shape index (κ1) is 14.9. The van der Waals surface area contributed by atoms with Gasteiger partial charge in [0, 0.05) is 6.54 Å². The molecule has 0 saturated heterocycles. The van der Waals surface area contributed by atoms with Crippen LogP contribution in [0, 0.1) is 5.41 Å². The van der Waals surface area contributed by atoms with Crippen molar-refractivity contribution in [1.82, 2.24) is 9.78 Å². The summed E-state index contributed by atoms with van der Waals surface area (Å²) in [6.45, 7) is 7.49. The third-order valence-electron chi connectivity index (χ3n) is 4.33. The molecule has 0 bridgehead atoms. The predicted octanol–water partition coefficient (Wildman–Crippen LogP) is 4.12. The summed E-state index contributed by atoms with van der Waals surface area (Å²) in [5.74, 6) is 0. The second-order valence-corrected chi connectivity index (χ2v) is 7.02. The van der Waals surface area contributed by atoms with Crippen LogP contribution in [0.1, 0.15) is 65.0 Å². The number of halogens is 1. The molecule has 1 N–H and O–H groups in total. The summed E-state index contributed by atoms with van der Waals surface area (Å²) in [4.78, 5) is 0. The fourth-order valence-electron chi connectivity index (χ4n) is 3.10. The number of aliphatic hydroxyl groups is 1. The SMILES string of the molecule is CCCn1ncc(Cl)c1C1(O)CCCC(C)(C)CC1. The van der Waals surface area contributed by atoms with Crippen LogP contribution < -0.4 is 0 Å². The molecule has 4 heteroatoms. The van der Waals surface area contributed by atoms with Crippen LogP contribution in [-0.2, 0) is 12.1 Å². The molecule has 19 heavy (non-hydrogen) atoms. The number of nitrogens with zero attached hydrogens (tertiary/aromatic N) is 2. The van der Waals surface area contributed by atoms with Gasteiger partial charge >= 0.3 is 0 Å². The zero-order valence-corrected chi connectivity index (χ0v) is 13.0. The zero-order valence-electron chi connectivity index (χ0n) is 12.2. The van der Waals surface area contributed by atoms with Crippen LogP contribution in [0.15, 0.2) is 6.20 Å². The van der Waals surface area contributed by atoms with Crippen LogP contribution in [0.5, 0.6) is 0 Å². The lowest BCUT2D eigenvalue weighted by Gasteiger charge is -2.29. The van der Waals surface area contributed by atoms with Crippen molar-refractivity contribution in [3.05, 3.63) is 16.9 Å². The van der Waals surface area contributed by atoms with Crippen molar-refractivity contribution in [2.45, 2.75) is 71.4 Å². The van der Waals surface area contributed by atoms with Crippen LogP contribution in [0.25, 0.3) is 0 Å². The second kappa shape index (κ2) is 5.45. The first-order valence-corrected chi connectivity index (χ1v) is 7.70. The van der Waals surface area contributed by atoms with E-state index in [1.165, 1.54) is 0 Å². The minimum atomic E-state index is -0.809. The van der Waals surface area contributed by atoms with Crippen molar-refractivity contribution in [3.8, 4) is 0 Å². The molecule has 0 amide bonds. The summed E-state index contributed by atoms with van der Waals surface area (Å²) in [6.07, 6.45) is 7.44. The average molecular weight is 285 g/mol. The highest BCUT2D eigenvalue weighted by molar-refractivity contribution is 6.31. The van der Waals surface area contributed by atoms with Gasteiger partial charge in [-0.15, -0.1) is 0 Å². The number of hydrogen-bond donors (Lipinski definition) is 1. The van der Waals surface area contributed by atoms with Crippen molar-refractivity contribution in [2.75, 3.05) is 0 Å². The van der Waals surface area contributed by atoms with Crippen LogP contribution in [0.4, 0.5) is 0 Å². The van der Waals surface area contributed by atoms with Crippen molar-refractivity contribution in [2.24, 2.45) is 5.41 Å². The smallest absolute Gasteiger partial charge is 0.108 e.